The lowest BCUT2D eigenvalue weighted by Crippen LogP contribution is -2.52. The van der Waals surface area contributed by atoms with Crippen molar-refractivity contribution in [3.63, 3.8) is 0 Å². The maximum Gasteiger partial charge on any atom is 0.270 e. The second-order valence-corrected chi connectivity index (χ2v) is 6.32. The van der Waals surface area contributed by atoms with Gasteiger partial charge in [-0.15, -0.1) is 0 Å². The minimum atomic E-state index is -1.10. The topological polar surface area (TPSA) is 128 Å². The summed E-state index contributed by atoms with van der Waals surface area (Å²) in [6.07, 6.45) is 3.66. The molecular formula is C18H16N6O2. The van der Waals surface area contributed by atoms with Crippen LogP contribution in [0.15, 0.2) is 30.3 Å². The molecule has 0 bridgehead atoms. The smallest absolute Gasteiger partial charge is 0.270 e. The molecule has 0 saturated carbocycles. The van der Waals surface area contributed by atoms with Crippen LogP contribution in [0, 0.1) is 16.9 Å². The zero-order valence-electron chi connectivity index (χ0n) is 13.8. The van der Waals surface area contributed by atoms with Crippen molar-refractivity contribution in [1.82, 2.24) is 9.88 Å². The monoisotopic (exact) mass is 348 g/mol. The first-order valence-corrected chi connectivity index (χ1v) is 8.12. The fourth-order valence-electron chi connectivity index (χ4n) is 3.33. The third kappa shape index (κ3) is 2.33. The highest BCUT2D eigenvalue weighted by molar-refractivity contribution is 6.01. The highest BCUT2D eigenvalue weighted by Crippen LogP contribution is 2.38. The Balaban J connectivity index is 1.75. The van der Waals surface area contributed by atoms with E-state index in [0.717, 1.165) is 0 Å². The summed E-state index contributed by atoms with van der Waals surface area (Å²) in [5.74, 6) is 0.0432. The van der Waals surface area contributed by atoms with E-state index in [9.17, 15) is 4.79 Å². The maximum absolute atomic E-state index is 12.5. The molecule has 3 heterocycles. The number of aromatic nitrogens is 1. The van der Waals surface area contributed by atoms with E-state index >= 15 is 0 Å². The van der Waals surface area contributed by atoms with E-state index in [1.165, 1.54) is 11.1 Å². The summed E-state index contributed by atoms with van der Waals surface area (Å²) in [6, 6.07) is 8.82. The van der Waals surface area contributed by atoms with Gasteiger partial charge in [0.1, 0.15) is 5.69 Å². The summed E-state index contributed by atoms with van der Waals surface area (Å²) in [5.41, 5.74) is 7.70. The molecule has 0 radical (unpaired) electrons. The number of likely N-dealkylation sites (tertiary alicyclic amines) is 1. The number of ether oxygens (including phenoxy) is 1. The van der Waals surface area contributed by atoms with E-state index in [4.69, 9.17) is 21.1 Å². The van der Waals surface area contributed by atoms with E-state index in [0.29, 0.717) is 47.0 Å². The third-order valence-corrected chi connectivity index (χ3v) is 4.75. The number of nitrogens with two attached hydrogens (primary N) is 1. The number of pyridine rings is 1. The molecule has 4 rings (SSSR count). The Morgan fingerprint density at radius 3 is 3.00 bits per heavy atom. The van der Waals surface area contributed by atoms with Crippen LogP contribution in [0.5, 0.6) is 5.88 Å². The molecule has 2 aromatic rings. The Bertz CT molecular complexity index is 967. The van der Waals surface area contributed by atoms with Gasteiger partial charge < -0.3 is 26.1 Å². The lowest BCUT2D eigenvalue weighted by molar-refractivity contribution is -0.131. The standard InChI is InChI=1S/C18H16N6O2/c19-8-12-11(2-1-3-13(12)21)14-4-5-15-16(22-14)26-18(17(25)23-15)6-7-24(9-18)10-20/h1-5,8,19H,6-7,9,21H2,(H,23,25). The molecule has 1 amide bonds. The molecule has 1 aromatic carbocycles. The minimum Gasteiger partial charge on any atom is -0.457 e. The first kappa shape index (κ1) is 15.9. The van der Waals surface area contributed by atoms with E-state index in [1.807, 2.05) is 6.07 Å². The van der Waals surface area contributed by atoms with Crippen LogP contribution in [0.3, 0.4) is 0 Å². The number of rotatable bonds is 2. The lowest BCUT2D eigenvalue weighted by Gasteiger charge is -2.33. The number of nitriles is 1. The minimum absolute atomic E-state index is 0.199. The highest BCUT2D eigenvalue weighted by Gasteiger charge is 2.50. The van der Waals surface area contributed by atoms with Gasteiger partial charge in [-0.05, 0) is 18.2 Å². The molecule has 26 heavy (non-hydrogen) atoms. The van der Waals surface area contributed by atoms with Crippen LogP contribution in [0.2, 0.25) is 0 Å². The molecule has 4 N–H and O–H groups in total. The summed E-state index contributed by atoms with van der Waals surface area (Å²) in [7, 11) is 0. The number of benzene rings is 1. The molecule has 0 aliphatic carbocycles. The van der Waals surface area contributed by atoms with Crippen molar-refractivity contribution in [3.05, 3.63) is 35.9 Å². The lowest BCUT2D eigenvalue weighted by atomic mass is 9.99. The SMILES string of the molecule is N#CN1CCC2(C1)Oc1nc(-c3cccc(N)c3C=N)ccc1NC2=O. The molecule has 1 fully saturated rings. The summed E-state index contributed by atoms with van der Waals surface area (Å²) in [5, 5.41) is 19.5. The number of hydrogen-bond donors (Lipinski definition) is 3. The first-order valence-electron chi connectivity index (χ1n) is 8.12. The molecule has 1 spiro atoms. The first-order chi connectivity index (χ1) is 12.6. The second-order valence-electron chi connectivity index (χ2n) is 6.32. The predicted molar refractivity (Wildman–Crippen MR) is 95.8 cm³/mol. The van der Waals surface area contributed by atoms with Gasteiger partial charge in [0, 0.05) is 36.0 Å². The van der Waals surface area contributed by atoms with Crippen molar-refractivity contribution in [1.29, 1.82) is 10.7 Å². The van der Waals surface area contributed by atoms with E-state index in [2.05, 4.69) is 16.5 Å². The van der Waals surface area contributed by atoms with Gasteiger partial charge in [-0.1, -0.05) is 12.1 Å². The zero-order valence-corrected chi connectivity index (χ0v) is 13.8. The Morgan fingerprint density at radius 1 is 1.42 bits per heavy atom. The van der Waals surface area contributed by atoms with Crippen molar-refractivity contribution in [2.75, 3.05) is 24.1 Å². The molecule has 2 aliphatic heterocycles. The molecule has 8 nitrogen and oxygen atoms in total. The number of amides is 1. The van der Waals surface area contributed by atoms with Crippen LogP contribution >= 0.6 is 0 Å². The zero-order chi connectivity index (χ0) is 18.3. The van der Waals surface area contributed by atoms with Gasteiger partial charge in [-0.25, -0.2) is 4.98 Å². The molecule has 1 unspecified atom stereocenters. The molecule has 130 valence electrons. The molecule has 1 aromatic heterocycles. The molecule has 2 aliphatic rings. The Morgan fingerprint density at radius 2 is 2.27 bits per heavy atom. The number of nitrogen functional groups attached to an aromatic ring is 1. The van der Waals surface area contributed by atoms with Crippen LogP contribution in [0.25, 0.3) is 11.3 Å². The predicted octanol–water partition coefficient (Wildman–Crippen LogP) is 1.58. The molecular weight excluding hydrogens is 332 g/mol. The number of nitrogens with zero attached hydrogens (tertiary/aromatic N) is 3. The Hall–Kier alpha value is -3.60. The Labute approximate surface area is 149 Å². The fraction of sp³-hybridized carbons (Fsp3) is 0.222. The summed E-state index contributed by atoms with van der Waals surface area (Å²) in [4.78, 5) is 18.5. The second kappa shape index (κ2) is 5.74. The summed E-state index contributed by atoms with van der Waals surface area (Å²) in [6.45, 7) is 0.664. The van der Waals surface area contributed by atoms with Crippen molar-refractivity contribution in [2.24, 2.45) is 0 Å². The number of carbonyl (C=O) groups is 1. The molecule has 8 heteroatoms. The van der Waals surface area contributed by atoms with Gasteiger partial charge in [0.2, 0.25) is 11.5 Å². The van der Waals surface area contributed by atoms with Crippen LogP contribution in [0.1, 0.15) is 12.0 Å². The van der Waals surface area contributed by atoms with Gasteiger partial charge in [-0.3, -0.25) is 4.79 Å². The maximum atomic E-state index is 12.5. The fourth-order valence-corrected chi connectivity index (χ4v) is 3.33. The van der Waals surface area contributed by atoms with Crippen molar-refractivity contribution >= 4 is 23.5 Å². The van der Waals surface area contributed by atoms with Gasteiger partial charge in [-0.2, -0.15) is 5.26 Å². The molecule has 1 saturated heterocycles. The van der Waals surface area contributed by atoms with Gasteiger partial charge in [0.15, 0.2) is 6.19 Å². The summed E-state index contributed by atoms with van der Waals surface area (Å²) >= 11 is 0. The van der Waals surface area contributed by atoms with E-state index in [1.54, 1.807) is 24.3 Å². The number of nitrogens with one attached hydrogen (secondary N) is 2. The number of hydrogen-bond acceptors (Lipinski definition) is 7. The van der Waals surface area contributed by atoms with Gasteiger partial charge >= 0.3 is 0 Å². The number of anilines is 2. The van der Waals surface area contributed by atoms with Crippen LogP contribution < -0.4 is 15.8 Å². The van der Waals surface area contributed by atoms with Gasteiger partial charge in [0.05, 0.1) is 12.2 Å². The quantitative estimate of drug-likeness (QED) is 0.429. The van der Waals surface area contributed by atoms with Crippen molar-refractivity contribution in [2.45, 2.75) is 12.0 Å². The van der Waals surface area contributed by atoms with Crippen LogP contribution in [-0.4, -0.2) is 40.7 Å². The summed E-state index contributed by atoms with van der Waals surface area (Å²) < 4.78 is 5.99. The average molecular weight is 348 g/mol. The average Bonchev–Trinajstić information content (AvgIpc) is 3.06. The van der Waals surface area contributed by atoms with Crippen LogP contribution in [-0.2, 0) is 4.79 Å². The third-order valence-electron chi connectivity index (χ3n) is 4.75. The largest absolute Gasteiger partial charge is 0.457 e. The van der Waals surface area contributed by atoms with Crippen molar-refractivity contribution in [3.8, 4) is 23.3 Å². The number of fused-ring (bicyclic) bond motifs is 1. The van der Waals surface area contributed by atoms with Crippen LogP contribution in [0.4, 0.5) is 11.4 Å². The highest BCUT2D eigenvalue weighted by atomic mass is 16.5. The van der Waals surface area contributed by atoms with E-state index in [-0.39, 0.29) is 12.5 Å². The normalized spacial score (nSPS) is 20.9. The number of carbonyl (C=O) groups excluding carboxylic acids is 1. The Kier molecular flexibility index (Phi) is 3.51. The van der Waals surface area contributed by atoms with Gasteiger partial charge in [0.25, 0.3) is 5.91 Å². The molecule has 1 atom stereocenters. The van der Waals surface area contributed by atoms with Crippen molar-refractivity contribution < 1.29 is 9.53 Å². The van der Waals surface area contributed by atoms with E-state index < -0.39 is 5.60 Å².